The number of ether oxygens (including phenoxy) is 1. The van der Waals surface area contributed by atoms with Crippen LogP contribution in [0.2, 0.25) is 0 Å². The molecular weight excluding hydrogens is 380 g/mol. The molecule has 1 fully saturated rings. The van der Waals surface area contributed by atoms with Crippen molar-refractivity contribution in [1.82, 2.24) is 10.2 Å². The first-order valence-electron chi connectivity index (χ1n) is 9.53. The molecule has 1 aromatic rings. The lowest BCUT2D eigenvalue weighted by atomic mass is 9.98. The number of piperidine rings is 1. The van der Waals surface area contributed by atoms with E-state index >= 15 is 0 Å². The Morgan fingerprint density at radius 2 is 1.93 bits per heavy atom. The van der Waals surface area contributed by atoms with E-state index in [1.165, 1.54) is 0 Å². The number of imide groups is 2. The molecule has 1 unspecified atom stereocenters. The predicted molar refractivity (Wildman–Crippen MR) is 99.1 cm³/mol. The molecule has 2 aliphatic heterocycles. The number of benzene rings is 1. The molecule has 3 rings (SSSR count). The summed E-state index contributed by atoms with van der Waals surface area (Å²) in [4.78, 5) is 60.6. The average Bonchev–Trinajstić information content (AvgIpc) is 2.92. The Kier molecular flexibility index (Phi) is 6.38. The van der Waals surface area contributed by atoms with Crippen LogP contribution in [0.5, 0.6) is 0 Å². The van der Waals surface area contributed by atoms with Crippen molar-refractivity contribution in [3.8, 4) is 0 Å². The van der Waals surface area contributed by atoms with E-state index in [0.717, 1.165) is 10.5 Å². The monoisotopic (exact) mass is 402 g/mol. The average molecular weight is 402 g/mol. The van der Waals surface area contributed by atoms with E-state index in [9.17, 15) is 24.0 Å². The van der Waals surface area contributed by atoms with Gasteiger partial charge in [-0.2, -0.15) is 0 Å². The number of amides is 4. The third-order valence-electron chi connectivity index (χ3n) is 5.00. The first-order valence-corrected chi connectivity index (χ1v) is 9.53. The molecule has 0 radical (unpaired) electrons. The van der Waals surface area contributed by atoms with Gasteiger partial charge in [-0.1, -0.05) is 12.1 Å². The number of nitrogens with one attached hydrogen (secondary N) is 1. The third-order valence-corrected chi connectivity index (χ3v) is 5.00. The Morgan fingerprint density at radius 1 is 1.14 bits per heavy atom. The van der Waals surface area contributed by atoms with E-state index < -0.39 is 35.6 Å². The number of carboxylic acid groups (broad SMARTS) is 1. The molecule has 0 aliphatic carbocycles. The van der Waals surface area contributed by atoms with Crippen molar-refractivity contribution in [2.24, 2.45) is 0 Å². The summed E-state index contributed by atoms with van der Waals surface area (Å²) in [6, 6.07) is 4.08. The van der Waals surface area contributed by atoms with Gasteiger partial charge >= 0.3 is 5.97 Å². The van der Waals surface area contributed by atoms with Crippen LogP contribution in [-0.2, 0) is 25.5 Å². The SMILES string of the molecule is O=C(O)CCOCCCCc1cccc2c1C(=O)N(C1CCC(=O)NC1=O)C2=O. The van der Waals surface area contributed by atoms with Crippen LogP contribution in [0.3, 0.4) is 0 Å². The Bertz CT molecular complexity index is 864. The van der Waals surface area contributed by atoms with E-state index in [2.05, 4.69) is 5.32 Å². The third kappa shape index (κ3) is 4.51. The highest BCUT2D eigenvalue weighted by molar-refractivity contribution is 6.24. The topological polar surface area (TPSA) is 130 Å². The number of unbranched alkanes of at least 4 members (excludes halogenated alkanes) is 1. The number of hydrogen-bond acceptors (Lipinski definition) is 6. The molecule has 4 amide bonds. The Labute approximate surface area is 167 Å². The summed E-state index contributed by atoms with van der Waals surface area (Å²) in [7, 11) is 0. The molecule has 1 aromatic carbocycles. The van der Waals surface area contributed by atoms with Crippen LogP contribution in [-0.4, -0.2) is 58.9 Å². The molecule has 2 aliphatic rings. The van der Waals surface area contributed by atoms with Crippen LogP contribution in [0.25, 0.3) is 0 Å². The number of fused-ring (bicyclic) bond motifs is 1. The van der Waals surface area contributed by atoms with Crippen LogP contribution in [0, 0.1) is 0 Å². The lowest BCUT2D eigenvalue weighted by molar-refractivity contribution is -0.138. The van der Waals surface area contributed by atoms with Crippen molar-refractivity contribution < 1.29 is 33.8 Å². The van der Waals surface area contributed by atoms with E-state index in [0.29, 0.717) is 31.4 Å². The first-order chi connectivity index (χ1) is 13.9. The molecule has 0 spiro atoms. The predicted octanol–water partition coefficient (Wildman–Crippen LogP) is 0.902. The van der Waals surface area contributed by atoms with E-state index in [4.69, 9.17) is 9.84 Å². The summed E-state index contributed by atoms with van der Waals surface area (Å²) >= 11 is 0. The maximum absolute atomic E-state index is 13.0. The number of carboxylic acids is 1. The fraction of sp³-hybridized carbons (Fsp3) is 0.450. The van der Waals surface area contributed by atoms with E-state index in [1.807, 2.05) is 0 Å². The molecule has 2 heterocycles. The molecule has 9 nitrogen and oxygen atoms in total. The highest BCUT2D eigenvalue weighted by Crippen LogP contribution is 2.30. The van der Waals surface area contributed by atoms with Gasteiger partial charge in [0, 0.05) is 13.0 Å². The maximum Gasteiger partial charge on any atom is 0.305 e. The number of carbonyl (C=O) groups excluding carboxylic acids is 4. The fourth-order valence-electron chi connectivity index (χ4n) is 3.57. The number of nitrogens with zero attached hydrogens (tertiary/aromatic N) is 1. The minimum Gasteiger partial charge on any atom is -0.481 e. The summed E-state index contributed by atoms with van der Waals surface area (Å²) < 4.78 is 5.25. The number of carbonyl (C=O) groups is 5. The van der Waals surface area contributed by atoms with Crippen LogP contribution >= 0.6 is 0 Å². The van der Waals surface area contributed by atoms with Gasteiger partial charge in [0.25, 0.3) is 11.8 Å². The smallest absolute Gasteiger partial charge is 0.305 e. The molecule has 29 heavy (non-hydrogen) atoms. The highest BCUT2D eigenvalue weighted by atomic mass is 16.5. The molecule has 2 N–H and O–H groups in total. The van der Waals surface area contributed by atoms with Gasteiger partial charge in [0.1, 0.15) is 6.04 Å². The van der Waals surface area contributed by atoms with Crippen LogP contribution in [0.15, 0.2) is 18.2 Å². The van der Waals surface area contributed by atoms with Gasteiger partial charge in [0.15, 0.2) is 0 Å². The largest absolute Gasteiger partial charge is 0.481 e. The van der Waals surface area contributed by atoms with Gasteiger partial charge < -0.3 is 9.84 Å². The second-order valence-electron chi connectivity index (χ2n) is 7.00. The normalized spacial score (nSPS) is 18.8. The lowest BCUT2D eigenvalue weighted by Gasteiger charge is -2.27. The van der Waals surface area contributed by atoms with Crippen molar-refractivity contribution in [1.29, 1.82) is 0 Å². The van der Waals surface area contributed by atoms with Crippen LogP contribution in [0.4, 0.5) is 0 Å². The minimum absolute atomic E-state index is 0.0427. The lowest BCUT2D eigenvalue weighted by Crippen LogP contribution is -2.54. The number of rotatable bonds is 9. The first kappa shape index (κ1) is 20.7. The van der Waals surface area contributed by atoms with Crippen molar-refractivity contribution in [2.45, 2.75) is 44.6 Å². The van der Waals surface area contributed by atoms with E-state index in [1.54, 1.807) is 18.2 Å². The Balaban J connectivity index is 1.63. The summed E-state index contributed by atoms with van der Waals surface area (Å²) in [5, 5.41) is 10.7. The van der Waals surface area contributed by atoms with Crippen molar-refractivity contribution >= 4 is 29.6 Å². The molecule has 1 saturated heterocycles. The Morgan fingerprint density at radius 3 is 2.66 bits per heavy atom. The highest BCUT2D eigenvalue weighted by Gasteiger charge is 2.45. The molecular formula is C20H22N2O7. The zero-order chi connectivity index (χ0) is 21.0. The number of aryl methyl sites for hydroxylation is 1. The molecule has 0 bridgehead atoms. The molecule has 1 atom stereocenters. The molecule has 0 aromatic heterocycles. The zero-order valence-corrected chi connectivity index (χ0v) is 15.8. The summed E-state index contributed by atoms with van der Waals surface area (Å²) in [5.74, 6) is -2.97. The quantitative estimate of drug-likeness (QED) is 0.464. The van der Waals surface area contributed by atoms with Gasteiger partial charge in [-0.15, -0.1) is 0 Å². The molecule has 9 heteroatoms. The van der Waals surface area contributed by atoms with Crippen molar-refractivity contribution in [2.75, 3.05) is 13.2 Å². The standard InChI is InChI=1S/C20H22N2O7/c23-15-8-7-14(18(26)21-15)22-19(27)13-6-3-5-12(17(13)20(22)28)4-1-2-10-29-11-9-16(24)25/h3,5-6,14H,1-2,4,7-11H2,(H,24,25)(H,21,23,26). The van der Waals surface area contributed by atoms with Gasteiger partial charge in [-0.05, 0) is 37.3 Å². The van der Waals surface area contributed by atoms with Crippen LogP contribution in [0.1, 0.15) is 58.4 Å². The van der Waals surface area contributed by atoms with E-state index in [-0.39, 0.29) is 31.4 Å². The number of aliphatic carboxylic acids is 1. The molecule has 0 saturated carbocycles. The van der Waals surface area contributed by atoms with Gasteiger partial charge in [0.05, 0.1) is 24.2 Å². The van der Waals surface area contributed by atoms with Crippen molar-refractivity contribution in [3.05, 3.63) is 34.9 Å². The Hall–Kier alpha value is -3.07. The summed E-state index contributed by atoms with van der Waals surface area (Å²) in [6.07, 6.45) is 2.09. The molecule has 154 valence electrons. The van der Waals surface area contributed by atoms with Crippen LogP contribution < -0.4 is 5.32 Å². The fourth-order valence-corrected chi connectivity index (χ4v) is 3.57. The van der Waals surface area contributed by atoms with Gasteiger partial charge in [-0.3, -0.25) is 34.2 Å². The zero-order valence-electron chi connectivity index (χ0n) is 15.8. The van der Waals surface area contributed by atoms with Crippen molar-refractivity contribution in [3.63, 3.8) is 0 Å². The maximum atomic E-state index is 13.0. The minimum atomic E-state index is -0.976. The number of hydrogen-bond donors (Lipinski definition) is 2. The summed E-state index contributed by atoms with van der Waals surface area (Å²) in [5.41, 5.74) is 1.31. The van der Waals surface area contributed by atoms with Gasteiger partial charge in [-0.25, -0.2) is 0 Å². The second-order valence-corrected chi connectivity index (χ2v) is 7.00. The summed E-state index contributed by atoms with van der Waals surface area (Å²) in [6.45, 7) is 0.571. The van der Waals surface area contributed by atoms with Gasteiger partial charge in [0.2, 0.25) is 11.8 Å². The second kappa shape index (κ2) is 8.95.